The molecule has 0 atom stereocenters. The molecule has 0 N–H and O–H groups in total. The first kappa shape index (κ1) is 15.3. The minimum atomic E-state index is 0.567. The average Bonchev–Trinajstić information content (AvgIpc) is 3.39. The number of aromatic nitrogens is 6. The fraction of sp³-hybridized carbons (Fsp3) is 0.222. The molecule has 7 nitrogen and oxygen atoms in total. The first-order valence-corrected chi connectivity index (χ1v) is 9.24. The number of aryl methyl sites for hydroxylation is 2. The number of hydrogen-bond acceptors (Lipinski definition) is 6. The Balaban J connectivity index is 1.59. The van der Waals surface area contributed by atoms with Crippen LogP contribution >= 0.6 is 11.3 Å². The Kier molecular flexibility index (Phi) is 3.39. The van der Waals surface area contributed by atoms with E-state index in [-0.39, 0.29) is 0 Å². The Labute approximate surface area is 152 Å². The molecule has 0 amide bonds. The highest BCUT2D eigenvalue weighted by Gasteiger charge is 2.17. The number of furan rings is 1. The summed E-state index contributed by atoms with van der Waals surface area (Å²) in [5.41, 5.74) is 2.12. The molecule has 5 aromatic rings. The summed E-state index contributed by atoms with van der Waals surface area (Å²) < 4.78 is 9.48. The molecule has 0 spiro atoms. The van der Waals surface area contributed by atoms with Crippen LogP contribution in [-0.4, -0.2) is 29.4 Å². The van der Waals surface area contributed by atoms with E-state index in [9.17, 15) is 0 Å². The second kappa shape index (κ2) is 5.77. The van der Waals surface area contributed by atoms with Gasteiger partial charge in [-0.25, -0.2) is 14.5 Å². The molecule has 130 valence electrons. The van der Waals surface area contributed by atoms with Gasteiger partial charge in [0.2, 0.25) is 5.82 Å². The number of thiophene rings is 1. The third kappa shape index (κ3) is 2.33. The fourth-order valence-corrected chi connectivity index (χ4v) is 4.31. The van der Waals surface area contributed by atoms with E-state index in [0.29, 0.717) is 18.1 Å². The van der Waals surface area contributed by atoms with Gasteiger partial charge in [-0.2, -0.15) is 5.10 Å². The molecule has 8 heteroatoms. The van der Waals surface area contributed by atoms with Crippen LogP contribution in [0.3, 0.4) is 0 Å². The number of fused-ring (bicyclic) bond motifs is 3. The van der Waals surface area contributed by atoms with E-state index in [1.165, 1.54) is 10.4 Å². The predicted molar refractivity (Wildman–Crippen MR) is 99.3 cm³/mol. The molecule has 5 aromatic heterocycles. The molecule has 0 saturated heterocycles. The van der Waals surface area contributed by atoms with Gasteiger partial charge in [-0.3, -0.25) is 4.68 Å². The quantitative estimate of drug-likeness (QED) is 0.486. The summed E-state index contributed by atoms with van der Waals surface area (Å²) in [7, 11) is 0. The standard InChI is InChI=1S/C18H16N6OS/c1-3-13-11(2)26-18-15(13)17-21-16(22-24(17)10-19-18)14-6-5-12(25-14)9-23-8-4-7-20-23/h4-8,10H,3,9H2,1-2H3. The molecule has 0 bridgehead atoms. The summed E-state index contributed by atoms with van der Waals surface area (Å²) in [6.07, 6.45) is 6.32. The SMILES string of the molecule is CCc1c(C)sc2ncn3nc(-c4ccc(Cn5cccn5)o4)nc3c12. The summed E-state index contributed by atoms with van der Waals surface area (Å²) >= 11 is 1.70. The molecule has 0 saturated carbocycles. The second-order valence-corrected chi connectivity index (χ2v) is 7.29. The van der Waals surface area contributed by atoms with Gasteiger partial charge in [0.15, 0.2) is 11.4 Å². The first-order valence-electron chi connectivity index (χ1n) is 8.43. The van der Waals surface area contributed by atoms with Gasteiger partial charge in [-0.15, -0.1) is 16.4 Å². The minimum absolute atomic E-state index is 0.567. The molecule has 0 radical (unpaired) electrons. The van der Waals surface area contributed by atoms with Gasteiger partial charge in [0.25, 0.3) is 0 Å². The highest BCUT2D eigenvalue weighted by Crippen LogP contribution is 2.32. The van der Waals surface area contributed by atoms with Crippen LogP contribution in [0.5, 0.6) is 0 Å². The van der Waals surface area contributed by atoms with Gasteiger partial charge < -0.3 is 4.42 Å². The molecular weight excluding hydrogens is 348 g/mol. The van der Waals surface area contributed by atoms with Crippen molar-refractivity contribution in [1.82, 2.24) is 29.4 Å². The molecule has 0 aliphatic carbocycles. The highest BCUT2D eigenvalue weighted by molar-refractivity contribution is 7.18. The zero-order chi connectivity index (χ0) is 17.7. The van der Waals surface area contributed by atoms with Crippen molar-refractivity contribution in [2.75, 3.05) is 0 Å². The first-order chi connectivity index (χ1) is 12.7. The lowest BCUT2D eigenvalue weighted by Gasteiger charge is -1.96. The van der Waals surface area contributed by atoms with Crippen LogP contribution in [0.15, 0.2) is 41.3 Å². The lowest BCUT2D eigenvalue weighted by Crippen LogP contribution is -1.97. The van der Waals surface area contributed by atoms with Crippen LogP contribution in [0.25, 0.3) is 27.4 Å². The molecule has 0 aliphatic heterocycles. The maximum absolute atomic E-state index is 5.93. The Morgan fingerprint density at radius 1 is 1.27 bits per heavy atom. The number of nitrogens with zero attached hydrogens (tertiary/aromatic N) is 6. The third-order valence-electron chi connectivity index (χ3n) is 4.44. The van der Waals surface area contributed by atoms with E-state index in [1.54, 1.807) is 28.4 Å². The van der Waals surface area contributed by atoms with Crippen molar-refractivity contribution < 1.29 is 4.42 Å². The summed E-state index contributed by atoms with van der Waals surface area (Å²) in [6.45, 7) is 4.87. The summed E-state index contributed by atoms with van der Waals surface area (Å²) in [5.74, 6) is 2.03. The van der Waals surface area contributed by atoms with Gasteiger partial charge in [0.05, 0.1) is 11.9 Å². The summed E-state index contributed by atoms with van der Waals surface area (Å²) in [5, 5.41) is 9.85. The smallest absolute Gasteiger partial charge is 0.217 e. The molecular formula is C18H16N6OS. The van der Waals surface area contributed by atoms with Crippen molar-refractivity contribution in [2.45, 2.75) is 26.8 Å². The van der Waals surface area contributed by atoms with Crippen molar-refractivity contribution in [3.05, 3.63) is 53.1 Å². The normalized spacial score (nSPS) is 11.8. The van der Waals surface area contributed by atoms with E-state index in [1.807, 2.05) is 29.1 Å². The van der Waals surface area contributed by atoms with Crippen LogP contribution in [-0.2, 0) is 13.0 Å². The topological polar surface area (TPSA) is 74.0 Å². The second-order valence-electron chi connectivity index (χ2n) is 6.09. The lowest BCUT2D eigenvalue weighted by molar-refractivity contribution is 0.487. The van der Waals surface area contributed by atoms with E-state index in [2.05, 4.69) is 29.0 Å². The van der Waals surface area contributed by atoms with Crippen LogP contribution in [0, 0.1) is 6.92 Å². The van der Waals surface area contributed by atoms with Gasteiger partial charge in [-0.05, 0) is 37.1 Å². The van der Waals surface area contributed by atoms with Crippen molar-refractivity contribution in [2.24, 2.45) is 0 Å². The van der Waals surface area contributed by atoms with E-state index in [0.717, 1.165) is 28.0 Å². The molecule has 0 unspecified atom stereocenters. The highest BCUT2D eigenvalue weighted by atomic mass is 32.1. The van der Waals surface area contributed by atoms with Crippen molar-refractivity contribution >= 4 is 27.2 Å². The van der Waals surface area contributed by atoms with E-state index in [4.69, 9.17) is 9.40 Å². The van der Waals surface area contributed by atoms with Gasteiger partial charge >= 0.3 is 0 Å². The van der Waals surface area contributed by atoms with Gasteiger partial charge in [-0.1, -0.05) is 6.92 Å². The largest absolute Gasteiger partial charge is 0.456 e. The van der Waals surface area contributed by atoms with Crippen LogP contribution in [0.4, 0.5) is 0 Å². The summed E-state index contributed by atoms with van der Waals surface area (Å²) in [4.78, 5) is 11.6. The maximum atomic E-state index is 5.93. The molecule has 5 rings (SSSR count). The van der Waals surface area contributed by atoms with E-state index >= 15 is 0 Å². The van der Waals surface area contributed by atoms with Crippen molar-refractivity contribution in [3.8, 4) is 11.6 Å². The maximum Gasteiger partial charge on any atom is 0.217 e. The van der Waals surface area contributed by atoms with Crippen LogP contribution in [0.1, 0.15) is 23.1 Å². The lowest BCUT2D eigenvalue weighted by atomic mass is 10.1. The zero-order valence-corrected chi connectivity index (χ0v) is 15.2. The molecule has 0 fully saturated rings. The Morgan fingerprint density at radius 2 is 2.19 bits per heavy atom. The van der Waals surface area contributed by atoms with Crippen LogP contribution in [0.2, 0.25) is 0 Å². The predicted octanol–water partition coefficient (Wildman–Crippen LogP) is 3.71. The summed E-state index contributed by atoms with van der Waals surface area (Å²) in [6, 6.07) is 5.72. The van der Waals surface area contributed by atoms with Crippen molar-refractivity contribution in [3.63, 3.8) is 0 Å². The Bertz CT molecular complexity index is 1210. The van der Waals surface area contributed by atoms with Gasteiger partial charge in [0.1, 0.15) is 16.9 Å². The van der Waals surface area contributed by atoms with Crippen LogP contribution < -0.4 is 0 Å². The molecule has 26 heavy (non-hydrogen) atoms. The zero-order valence-electron chi connectivity index (χ0n) is 14.4. The Morgan fingerprint density at radius 3 is 3.00 bits per heavy atom. The Hall–Kier alpha value is -3.00. The third-order valence-corrected chi connectivity index (χ3v) is 5.50. The van der Waals surface area contributed by atoms with Gasteiger partial charge in [0, 0.05) is 17.3 Å². The van der Waals surface area contributed by atoms with E-state index < -0.39 is 0 Å². The average molecular weight is 364 g/mol. The minimum Gasteiger partial charge on any atom is -0.456 e. The fourth-order valence-electron chi connectivity index (χ4n) is 3.23. The molecule has 0 aliphatic rings. The molecule has 5 heterocycles. The van der Waals surface area contributed by atoms with Crippen molar-refractivity contribution in [1.29, 1.82) is 0 Å². The molecule has 0 aromatic carbocycles. The number of rotatable bonds is 4. The number of hydrogen-bond donors (Lipinski definition) is 0. The monoisotopic (exact) mass is 364 g/mol.